The summed E-state index contributed by atoms with van der Waals surface area (Å²) >= 11 is 5.78. The van der Waals surface area contributed by atoms with E-state index in [1.165, 1.54) is 24.3 Å². The summed E-state index contributed by atoms with van der Waals surface area (Å²) in [7, 11) is -3.71. The highest BCUT2D eigenvalue weighted by Gasteiger charge is 2.16. The predicted molar refractivity (Wildman–Crippen MR) is 96.0 cm³/mol. The molecular weight excluding hydrogens is 348 g/mol. The van der Waals surface area contributed by atoms with Gasteiger partial charge in [-0.05, 0) is 68.8 Å². The molecule has 0 spiro atoms. The minimum Gasteiger partial charge on any atom is -0.350 e. The lowest BCUT2D eigenvalue weighted by Crippen LogP contribution is -2.30. The van der Waals surface area contributed by atoms with Crippen molar-refractivity contribution in [1.29, 1.82) is 0 Å². The average Bonchev–Trinajstić information content (AvgIpc) is 2.49. The normalized spacial score (nSPS) is 11.4. The third-order valence-corrected chi connectivity index (χ3v) is 4.91. The molecule has 0 aliphatic heterocycles. The smallest absolute Gasteiger partial charge is 0.261 e. The topological polar surface area (TPSA) is 75.3 Å². The third-order valence-electron chi connectivity index (χ3n) is 3.28. The van der Waals surface area contributed by atoms with Gasteiger partial charge in [-0.25, -0.2) is 8.42 Å². The molecule has 0 saturated heterocycles. The van der Waals surface area contributed by atoms with E-state index < -0.39 is 10.0 Å². The summed E-state index contributed by atoms with van der Waals surface area (Å²) in [5, 5.41) is 3.26. The fourth-order valence-electron chi connectivity index (χ4n) is 2.08. The molecule has 0 unspecified atom stereocenters. The highest BCUT2D eigenvalue weighted by molar-refractivity contribution is 7.92. The molecule has 0 saturated carbocycles. The standard InChI is InChI=1S/C17H19ClN2O3S/c1-11(2)19-17(21)13-4-9-16(12(3)10-13)20-24(22,23)15-7-5-14(18)6-8-15/h4-11,20H,1-3H3,(H,19,21). The van der Waals surface area contributed by atoms with Crippen LogP contribution in [0.3, 0.4) is 0 Å². The number of hydrogen-bond acceptors (Lipinski definition) is 3. The molecule has 1 amide bonds. The van der Waals surface area contributed by atoms with E-state index in [1.807, 2.05) is 13.8 Å². The Morgan fingerprint density at radius 1 is 1.08 bits per heavy atom. The van der Waals surface area contributed by atoms with E-state index in [4.69, 9.17) is 11.6 Å². The molecule has 0 aromatic heterocycles. The first kappa shape index (κ1) is 18.3. The molecule has 2 aromatic rings. The quantitative estimate of drug-likeness (QED) is 0.849. The molecule has 2 rings (SSSR count). The molecule has 5 nitrogen and oxygen atoms in total. The second kappa shape index (κ2) is 7.23. The van der Waals surface area contributed by atoms with E-state index in [-0.39, 0.29) is 16.8 Å². The number of aryl methyl sites for hydroxylation is 1. The van der Waals surface area contributed by atoms with Crippen LogP contribution in [0.2, 0.25) is 5.02 Å². The lowest BCUT2D eigenvalue weighted by atomic mass is 10.1. The van der Waals surface area contributed by atoms with Gasteiger partial charge in [0.05, 0.1) is 10.6 Å². The summed E-state index contributed by atoms with van der Waals surface area (Å²) in [5.41, 5.74) is 1.56. The first-order chi connectivity index (χ1) is 11.2. The second-order valence-electron chi connectivity index (χ2n) is 5.72. The van der Waals surface area contributed by atoms with Crippen molar-refractivity contribution in [3.05, 3.63) is 58.6 Å². The molecule has 0 radical (unpaired) electrons. The SMILES string of the molecule is Cc1cc(C(=O)NC(C)C)ccc1NS(=O)(=O)c1ccc(Cl)cc1. The van der Waals surface area contributed by atoms with Gasteiger partial charge in [-0.1, -0.05) is 11.6 Å². The molecule has 0 atom stereocenters. The highest BCUT2D eigenvalue weighted by atomic mass is 35.5. The van der Waals surface area contributed by atoms with Crippen LogP contribution in [0.1, 0.15) is 29.8 Å². The third kappa shape index (κ3) is 4.49. The lowest BCUT2D eigenvalue weighted by molar-refractivity contribution is 0.0943. The molecule has 2 N–H and O–H groups in total. The summed E-state index contributed by atoms with van der Waals surface area (Å²) < 4.78 is 27.3. The van der Waals surface area contributed by atoms with Crippen molar-refractivity contribution in [2.24, 2.45) is 0 Å². The van der Waals surface area contributed by atoms with Crippen LogP contribution in [-0.4, -0.2) is 20.4 Å². The van der Waals surface area contributed by atoms with Crippen LogP contribution in [0, 0.1) is 6.92 Å². The van der Waals surface area contributed by atoms with Gasteiger partial charge < -0.3 is 5.32 Å². The van der Waals surface area contributed by atoms with Crippen molar-refractivity contribution in [3.63, 3.8) is 0 Å². The van der Waals surface area contributed by atoms with Crippen molar-refractivity contribution in [3.8, 4) is 0 Å². The van der Waals surface area contributed by atoms with Gasteiger partial charge in [0.2, 0.25) is 0 Å². The van der Waals surface area contributed by atoms with Crippen LogP contribution in [0.5, 0.6) is 0 Å². The van der Waals surface area contributed by atoms with Gasteiger partial charge in [-0.2, -0.15) is 0 Å². The number of carbonyl (C=O) groups is 1. The first-order valence-electron chi connectivity index (χ1n) is 7.39. The molecule has 0 aliphatic rings. The van der Waals surface area contributed by atoms with Crippen LogP contribution in [0.25, 0.3) is 0 Å². The van der Waals surface area contributed by atoms with E-state index >= 15 is 0 Å². The van der Waals surface area contributed by atoms with Gasteiger partial charge in [0.25, 0.3) is 15.9 Å². The van der Waals surface area contributed by atoms with Gasteiger partial charge in [-0.3, -0.25) is 9.52 Å². The van der Waals surface area contributed by atoms with Crippen LogP contribution in [-0.2, 0) is 10.0 Å². The van der Waals surface area contributed by atoms with Crippen LogP contribution in [0.15, 0.2) is 47.4 Å². The van der Waals surface area contributed by atoms with Gasteiger partial charge in [-0.15, -0.1) is 0 Å². The first-order valence-corrected chi connectivity index (χ1v) is 9.25. The fraction of sp³-hybridized carbons (Fsp3) is 0.235. The zero-order chi connectivity index (χ0) is 17.9. The lowest BCUT2D eigenvalue weighted by Gasteiger charge is -2.13. The Kier molecular flexibility index (Phi) is 5.51. The van der Waals surface area contributed by atoms with E-state index in [0.717, 1.165) is 0 Å². The maximum Gasteiger partial charge on any atom is 0.261 e. The molecule has 0 aliphatic carbocycles. The number of hydrogen-bond donors (Lipinski definition) is 2. The van der Waals surface area contributed by atoms with Crippen molar-refractivity contribution in [2.45, 2.75) is 31.7 Å². The fourth-order valence-corrected chi connectivity index (χ4v) is 3.34. The summed E-state index contributed by atoms with van der Waals surface area (Å²) in [6.07, 6.45) is 0. The number of benzene rings is 2. The number of halogens is 1. The Hall–Kier alpha value is -2.05. The molecule has 2 aromatic carbocycles. The Morgan fingerprint density at radius 2 is 1.71 bits per heavy atom. The minimum absolute atomic E-state index is 0.0286. The van der Waals surface area contributed by atoms with Crippen LogP contribution < -0.4 is 10.0 Å². The number of anilines is 1. The predicted octanol–water partition coefficient (Wildman–Crippen LogP) is 3.59. The Morgan fingerprint density at radius 3 is 2.25 bits per heavy atom. The zero-order valence-electron chi connectivity index (χ0n) is 13.6. The van der Waals surface area contributed by atoms with Crippen molar-refractivity contribution >= 4 is 33.2 Å². The van der Waals surface area contributed by atoms with Crippen molar-refractivity contribution < 1.29 is 13.2 Å². The average molecular weight is 367 g/mol. The number of amides is 1. The Labute approximate surface area is 147 Å². The molecule has 0 bridgehead atoms. The largest absolute Gasteiger partial charge is 0.350 e. The maximum atomic E-state index is 12.4. The molecule has 24 heavy (non-hydrogen) atoms. The molecule has 0 fully saturated rings. The van der Waals surface area contributed by atoms with E-state index in [9.17, 15) is 13.2 Å². The number of nitrogens with one attached hydrogen (secondary N) is 2. The Bertz CT molecular complexity index is 847. The van der Waals surface area contributed by atoms with E-state index in [0.29, 0.717) is 21.8 Å². The molecular formula is C17H19ClN2O3S. The zero-order valence-corrected chi connectivity index (χ0v) is 15.2. The van der Waals surface area contributed by atoms with E-state index in [1.54, 1.807) is 25.1 Å². The van der Waals surface area contributed by atoms with Gasteiger partial charge in [0.15, 0.2) is 0 Å². The maximum absolute atomic E-state index is 12.4. The molecule has 7 heteroatoms. The summed E-state index contributed by atoms with van der Waals surface area (Å²) in [6, 6.07) is 10.8. The molecule has 0 heterocycles. The number of sulfonamides is 1. The monoisotopic (exact) mass is 366 g/mol. The van der Waals surface area contributed by atoms with Gasteiger partial charge in [0, 0.05) is 16.6 Å². The van der Waals surface area contributed by atoms with Crippen LogP contribution >= 0.6 is 11.6 Å². The summed E-state index contributed by atoms with van der Waals surface area (Å²) in [6.45, 7) is 5.49. The summed E-state index contributed by atoms with van der Waals surface area (Å²) in [5.74, 6) is -0.194. The number of carbonyl (C=O) groups excluding carboxylic acids is 1. The highest BCUT2D eigenvalue weighted by Crippen LogP contribution is 2.22. The van der Waals surface area contributed by atoms with Crippen molar-refractivity contribution in [2.75, 3.05) is 4.72 Å². The minimum atomic E-state index is -3.71. The number of rotatable bonds is 5. The van der Waals surface area contributed by atoms with Gasteiger partial charge in [0.1, 0.15) is 0 Å². The second-order valence-corrected chi connectivity index (χ2v) is 7.84. The van der Waals surface area contributed by atoms with E-state index in [2.05, 4.69) is 10.0 Å². The molecule has 128 valence electrons. The van der Waals surface area contributed by atoms with Crippen molar-refractivity contribution in [1.82, 2.24) is 5.32 Å². The summed E-state index contributed by atoms with van der Waals surface area (Å²) in [4.78, 5) is 12.1. The Balaban J connectivity index is 2.24. The van der Waals surface area contributed by atoms with Crippen LogP contribution in [0.4, 0.5) is 5.69 Å². The van der Waals surface area contributed by atoms with Gasteiger partial charge >= 0.3 is 0 Å².